The van der Waals surface area contributed by atoms with E-state index in [1.165, 1.54) is 5.56 Å². The number of carbonyl (C=O) groups is 1. The molecule has 122 valence electrons. The van der Waals surface area contributed by atoms with Gasteiger partial charge in [-0.15, -0.1) is 5.10 Å². The van der Waals surface area contributed by atoms with E-state index in [2.05, 4.69) is 25.1 Å². The molecule has 1 aliphatic rings. The highest BCUT2D eigenvalue weighted by molar-refractivity contribution is 5.84. The van der Waals surface area contributed by atoms with Gasteiger partial charge >= 0.3 is 5.97 Å². The van der Waals surface area contributed by atoms with Gasteiger partial charge in [0.15, 0.2) is 0 Å². The lowest BCUT2D eigenvalue weighted by atomic mass is 9.96. The van der Waals surface area contributed by atoms with Gasteiger partial charge in [0, 0.05) is 24.9 Å². The molecule has 0 unspecified atom stereocenters. The van der Waals surface area contributed by atoms with E-state index in [4.69, 9.17) is 4.74 Å². The highest BCUT2D eigenvalue weighted by Gasteiger charge is 2.24. The number of nitrogens with one attached hydrogen (secondary N) is 1. The van der Waals surface area contributed by atoms with Gasteiger partial charge in [-0.1, -0.05) is 0 Å². The van der Waals surface area contributed by atoms with Crippen LogP contribution in [0.3, 0.4) is 0 Å². The molecule has 0 atom stereocenters. The number of hydrogen-bond donors (Lipinski definition) is 1. The van der Waals surface area contributed by atoms with Crippen LogP contribution in [0.5, 0.6) is 0 Å². The van der Waals surface area contributed by atoms with Crippen molar-refractivity contribution in [2.45, 2.75) is 32.2 Å². The fourth-order valence-electron chi connectivity index (χ4n) is 2.85. The Morgan fingerprint density at radius 2 is 2.09 bits per heavy atom. The zero-order valence-corrected chi connectivity index (χ0v) is 13.2. The number of ether oxygens (including phenoxy) is 1. The van der Waals surface area contributed by atoms with Crippen LogP contribution in [0.15, 0.2) is 24.5 Å². The standard InChI is InChI=1S/C16H21N5O2/c1-2-23-16(22)15-18-14(19-20-15)13-5-9-21(10-6-13)11-12-3-7-17-8-4-12/h3-4,7-8,13H,2,5-6,9-11H2,1H3,(H,18,19,20). The number of carbonyl (C=O) groups excluding carboxylic acids is 1. The molecule has 0 amide bonds. The van der Waals surface area contributed by atoms with Crippen LogP contribution in [0.1, 0.15) is 47.7 Å². The minimum absolute atomic E-state index is 0.126. The van der Waals surface area contributed by atoms with E-state index in [0.717, 1.165) is 38.3 Å². The van der Waals surface area contributed by atoms with Gasteiger partial charge in [-0.05, 0) is 50.6 Å². The zero-order valence-electron chi connectivity index (χ0n) is 13.2. The van der Waals surface area contributed by atoms with Crippen molar-refractivity contribution >= 4 is 5.97 Å². The maximum absolute atomic E-state index is 11.6. The number of hydrogen-bond acceptors (Lipinski definition) is 6. The third-order valence-corrected chi connectivity index (χ3v) is 4.09. The third kappa shape index (κ3) is 3.92. The summed E-state index contributed by atoms with van der Waals surface area (Å²) >= 11 is 0. The quantitative estimate of drug-likeness (QED) is 0.846. The number of nitrogens with zero attached hydrogens (tertiary/aromatic N) is 4. The molecular formula is C16H21N5O2. The lowest BCUT2D eigenvalue weighted by Gasteiger charge is -2.30. The van der Waals surface area contributed by atoms with Crippen LogP contribution in [0.25, 0.3) is 0 Å². The van der Waals surface area contributed by atoms with E-state index in [-0.39, 0.29) is 5.82 Å². The van der Waals surface area contributed by atoms with Crippen LogP contribution >= 0.6 is 0 Å². The molecule has 7 heteroatoms. The molecular weight excluding hydrogens is 294 g/mol. The average molecular weight is 315 g/mol. The Bertz CT molecular complexity index is 635. The molecule has 0 aliphatic carbocycles. The van der Waals surface area contributed by atoms with Crippen molar-refractivity contribution in [2.24, 2.45) is 0 Å². The molecule has 2 aromatic heterocycles. The number of piperidine rings is 1. The van der Waals surface area contributed by atoms with Crippen LogP contribution in [-0.2, 0) is 11.3 Å². The van der Waals surface area contributed by atoms with Crippen molar-refractivity contribution < 1.29 is 9.53 Å². The number of aromatic nitrogens is 4. The van der Waals surface area contributed by atoms with E-state index < -0.39 is 5.97 Å². The molecule has 0 spiro atoms. The molecule has 1 aliphatic heterocycles. The Hall–Kier alpha value is -2.28. The van der Waals surface area contributed by atoms with Crippen molar-refractivity contribution in [3.05, 3.63) is 41.7 Å². The summed E-state index contributed by atoms with van der Waals surface area (Å²) in [6.45, 7) is 5.05. The molecule has 3 heterocycles. The number of esters is 1. The number of H-pyrrole nitrogens is 1. The smallest absolute Gasteiger partial charge is 0.378 e. The van der Waals surface area contributed by atoms with Crippen molar-refractivity contribution in [1.29, 1.82) is 0 Å². The minimum Gasteiger partial charge on any atom is -0.460 e. The fourth-order valence-corrected chi connectivity index (χ4v) is 2.85. The molecule has 1 N–H and O–H groups in total. The molecule has 0 bridgehead atoms. The highest BCUT2D eigenvalue weighted by Crippen LogP contribution is 2.26. The summed E-state index contributed by atoms with van der Waals surface area (Å²) in [6, 6.07) is 4.10. The van der Waals surface area contributed by atoms with Crippen molar-refractivity contribution in [1.82, 2.24) is 25.1 Å². The van der Waals surface area contributed by atoms with Gasteiger partial charge in [0.25, 0.3) is 5.82 Å². The van der Waals surface area contributed by atoms with E-state index in [1.807, 2.05) is 24.5 Å². The van der Waals surface area contributed by atoms with Crippen molar-refractivity contribution in [3.63, 3.8) is 0 Å². The first-order valence-electron chi connectivity index (χ1n) is 7.97. The average Bonchev–Trinajstić information content (AvgIpc) is 3.07. The van der Waals surface area contributed by atoms with E-state index >= 15 is 0 Å². The number of rotatable bonds is 5. The molecule has 7 nitrogen and oxygen atoms in total. The molecule has 23 heavy (non-hydrogen) atoms. The van der Waals surface area contributed by atoms with Crippen LogP contribution in [0, 0.1) is 0 Å². The van der Waals surface area contributed by atoms with Crippen molar-refractivity contribution in [3.8, 4) is 0 Å². The first-order valence-corrected chi connectivity index (χ1v) is 7.97. The van der Waals surface area contributed by atoms with Gasteiger partial charge in [-0.25, -0.2) is 9.78 Å². The lowest BCUT2D eigenvalue weighted by Crippen LogP contribution is -2.32. The van der Waals surface area contributed by atoms with Crippen molar-refractivity contribution in [2.75, 3.05) is 19.7 Å². The second kappa shape index (κ2) is 7.32. The highest BCUT2D eigenvalue weighted by atomic mass is 16.5. The summed E-state index contributed by atoms with van der Waals surface area (Å²) in [5.74, 6) is 0.766. The van der Waals surface area contributed by atoms with Crippen LogP contribution in [0.4, 0.5) is 0 Å². The molecule has 1 saturated heterocycles. The van der Waals surface area contributed by atoms with Gasteiger partial charge in [-0.2, -0.15) is 0 Å². The number of aromatic amines is 1. The van der Waals surface area contributed by atoms with E-state index in [1.54, 1.807) is 6.92 Å². The molecule has 3 rings (SSSR count). The van der Waals surface area contributed by atoms with Gasteiger partial charge in [0.05, 0.1) is 6.61 Å². The maximum Gasteiger partial charge on any atom is 0.378 e. The zero-order chi connectivity index (χ0) is 16.1. The largest absolute Gasteiger partial charge is 0.460 e. The SMILES string of the molecule is CCOC(=O)c1n[nH]c(C2CCN(Cc3ccncc3)CC2)n1. The number of pyridine rings is 1. The second-order valence-corrected chi connectivity index (χ2v) is 5.67. The van der Waals surface area contributed by atoms with Crippen LogP contribution in [0.2, 0.25) is 0 Å². The lowest BCUT2D eigenvalue weighted by molar-refractivity contribution is 0.0512. The molecule has 0 radical (unpaired) electrons. The normalized spacial score (nSPS) is 16.4. The predicted octanol–water partition coefficient (Wildman–Crippen LogP) is 1.76. The fraction of sp³-hybridized carbons (Fsp3) is 0.500. The predicted molar refractivity (Wildman–Crippen MR) is 83.8 cm³/mol. The van der Waals surface area contributed by atoms with E-state index in [9.17, 15) is 4.79 Å². The summed E-state index contributed by atoms with van der Waals surface area (Å²) in [6.07, 6.45) is 5.66. The van der Waals surface area contributed by atoms with E-state index in [0.29, 0.717) is 12.5 Å². The second-order valence-electron chi connectivity index (χ2n) is 5.67. The van der Waals surface area contributed by atoms with Gasteiger partial charge in [-0.3, -0.25) is 15.0 Å². The Morgan fingerprint density at radius 3 is 2.78 bits per heavy atom. The number of likely N-dealkylation sites (tertiary alicyclic amines) is 1. The van der Waals surface area contributed by atoms with Gasteiger partial charge in [0.1, 0.15) is 5.82 Å². The molecule has 1 fully saturated rings. The maximum atomic E-state index is 11.6. The molecule has 0 saturated carbocycles. The first-order chi connectivity index (χ1) is 11.3. The Labute approximate surface area is 135 Å². The minimum atomic E-state index is -0.467. The van der Waals surface area contributed by atoms with Crippen LogP contribution in [-0.4, -0.2) is 50.7 Å². The summed E-state index contributed by atoms with van der Waals surface area (Å²) in [4.78, 5) is 22.4. The third-order valence-electron chi connectivity index (χ3n) is 4.09. The topological polar surface area (TPSA) is 84.0 Å². The molecule has 2 aromatic rings. The van der Waals surface area contributed by atoms with Gasteiger partial charge < -0.3 is 4.74 Å². The molecule has 0 aromatic carbocycles. The Kier molecular flexibility index (Phi) is 4.97. The first kappa shape index (κ1) is 15.6. The van der Waals surface area contributed by atoms with Gasteiger partial charge in [0.2, 0.25) is 0 Å². The Morgan fingerprint density at radius 1 is 1.35 bits per heavy atom. The summed E-state index contributed by atoms with van der Waals surface area (Å²) < 4.78 is 4.91. The summed E-state index contributed by atoms with van der Waals surface area (Å²) in [7, 11) is 0. The summed E-state index contributed by atoms with van der Waals surface area (Å²) in [5, 5.41) is 6.86. The monoisotopic (exact) mass is 315 g/mol. The van der Waals surface area contributed by atoms with Crippen LogP contribution < -0.4 is 0 Å². The summed E-state index contributed by atoms with van der Waals surface area (Å²) in [5.41, 5.74) is 1.28. The Balaban J connectivity index is 1.54.